The van der Waals surface area contributed by atoms with Crippen molar-refractivity contribution in [2.45, 2.75) is 20.8 Å². The highest BCUT2D eigenvalue weighted by atomic mass is 35.5. The lowest BCUT2D eigenvalue weighted by Crippen LogP contribution is -1.97. The Balaban J connectivity index is 2.58. The molecule has 0 radical (unpaired) electrons. The third-order valence-electron chi connectivity index (χ3n) is 2.47. The van der Waals surface area contributed by atoms with Crippen molar-refractivity contribution in [1.29, 1.82) is 0 Å². The van der Waals surface area contributed by atoms with Crippen molar-refractivity contribution >= 4 is 38.3 Å². The van der Waals surface area contributed by atoms with Crippen LogP contribution in [0.1, 0.15) is 20.8 Å². The maximum Gasteiger partial charge on any atom is 0.183 e. The van der Waals surface area contributed by atoms with Gasteiger partial charge in [-0.2, -0.15) is 0 Å². The molecule has 0 spiro atoms. The van der Waals surface area contributed by atoms with Crippen LogP contribution in [0, 0.1) is 0 Å². The predicted molar refractivity (Wildman–Crippen MR) is 81.1 cm³/mol. The first kappa shape index (κ1) is 14.2. The van der Waals surface area contributed by atoms with Gasteiger partial charge in [0, 0.05) is 12.6 Å². The molecule has 6 heteroatoms. The van der Waals surface area contributed by atoms with E-state index in [0.717, 1.165) is 21.9 Å². The molecule has 0 aliphatic rings. The Bertz CT molecular complexity index is 571. The minimum absolute atomic E-state index is 0.565. The maximum absolute atomic E-state index is 6.37. The molecule has 0 bridgehead atoms. The van der Waals surface area contributed by atoms with Crippen molar-refractivity contribution in [2.24, 2.45) is 0 Å². The first-order valence-corrected chi connectivity index (χ1v) is 7.53. The van der Waals surface area contributed by atoms with E-state index in [9.17, 15) is 0 Å². The molecule has 2 rings (SSSR count). The number of ether oxygens (including phenoxy) is 2. The zero-order valence-electron chi connectivity index (χ0n) is 11.2. The topological polar surface area (TPSA) is 43.4 Å². The number of nitrogens with zero attached hydrogens (tertiary/aromatic N) is 1. The van der Waals surface area contributed by atoms with Gasteiger partial charge < -0.3 is 14.8 Å². The molecule has 0 saturated carbocycles. The van der Waals surface area contributed by atoms with E-state index < -0.39 is 0 Å². The lowest BCUT2D eigenvalue weighted by atomic mass is 10.3. The van der Waals surface area contributed by atoms with E-state index in [1.807, 2.05) is 26.8 Å². The summed E-state index contributed by atoms with van der Waals surface area (Å²) in [6.45, 7) is 7.87. The lowest BCUT2D eigenvalue weighted by molar-refractivity contribution is 0.326. The molecule has 19 heavy (non-hydrogen) atoms. The minimum Gasteiger partial charge on any atom is -0.492 e. The molecule has 1 aromatic heterocycles. The summed E-state index contributed by atoms with van der Waals surface area (Å²) in [5, 5.41) is 4.64. The SMILES string of the molecule is CCNc1nc2c(OCC)cc(OCC)c(Cl)c2s1. The second-order valence-corrected chi connectivity index (χ2v) is 5.16. The highest BCUT2D eigenvalue weighted by Gasteiger charge is 2.17. The molecule has 0 amide bonds. The van der Waals surface area contributed by atoms with Crippen molar-refractivity contribution in [3.05, 3.63) is 11.1 Å². The number of fused-ring (bicyclic) bond motifs is 1. The third kappa shape index (κ3) is 2.87. The van der Waals surface area contributed by atoms with E-state index >= 15 is 0 Å². The zero-order chi connectivity index (χ0) is 13.8. The number of thiazole rings is 1. The van der Waals surface area contributed by atoms with Crippen LogP contribution in [-0.4, -0.2) is 24.7 Å². The number of nitrogens with one attached hydrogen (secondary N) is 1. The largest absolute Gasteiger partial charge is 0.492 e. The predicted octanol–water partition coefficient (Wildman–Crippen LogP) is 4.18. The molecule has 0 fully saturated rings. The minimum atomic E-state index is 0.565. The quantitative estimate of drug-likeness (QED) is 0.869. The molecule has 0 saturated heterocycles. The summed E-state index contributed by atoms with van der Waals surface area (Å²) >= 11 is 7.88. The Morgan fingerprint density at radius 1 is 1.21 bits per heavy atom. The van der Waals surface area contributed by atoms with E-state index in [1.54, 1.807) is 0 Å². The van der Waals surface area contributed by atoms with Gasteiger partial charge in [-0.25, -0.2) is 4.98 Å². The van der Waals surface area contributed by atoms with Crippen molar-refractivity contribution in [3.63, 3.8) is 0 Å². The number of hydrogen-bond donors (Lipinski definition) is 1. The van der Waals surface area contributed by atoms with Crippen LogP contribution in [0.4, 0.5) is 5.13 Å². The molecule has 1 aromatic carbocycles. The summed E-state index contributed by atoms with van der Waals surface area (Å²) in [4.78, 5) is 4.53. The van der Waals surface area contributed by atoms with Crippen LogP contribution in [0.2, 0.25) is 5.02 Å². The Morgan fingerprint density at radius 2 is 1.89 bits per heavy atom. The average molecular weight is 301 g/mol. The van der Waals surface area contributed by atoms with Crippen molar-refractivity contribution in [1.82, 2.24) is 4.98 Å². The Morgan fingerprint density at radius 3 is 2.53 bits per heavy atom. The van der Waals surface area contributed by atoms with Gasteiger partial charge in [0.2, 0.25) is 0 Å². The Labute approximate surface area is 121 Å². The fraction of sp³-hybridized carbons (Fsp3) is 0.462. The molecule has 0 atom stereocenters. The Kier molecular flexibility index (Phi) is 4.71. The van der Waals surface area contributed by atoms with E-state index in [1.165, 1.54) is 11.3 Å². The summed E-state index contributed by atoms with van der Waals surface area (Å²) in [5.74, 6) is 1.36. The molecule has 0 aliphatic carbocycles. The third-order valence-corrected chi connectivity index (χ3v) is 3.98. The number of benzene rings is 1. The molecular formula is C13H17ClN2O2S. The second-order valence-electron chi connectivity index (χ2n) is 3.78. The van der Waals surface area contributed by atoms with E-state index in [4.69, 9.17) is 21.1 Å². The van der Waals surface area contributed by atoms with Crippen LogP contribution in [0.3, 0.4) is 0 Å². The highest BCUT2D eigenvalue weighted by Crippen LogP contribution is 2.43. The van der Waals surface area contributed by atoms with E-state index in [-0.39, 0.29) is 0 Å². The van der Waals surface area contributed by atoms with E-state index in [0.29, 0.717) is 29.7 Å². The fourth-order valence-electron chi connectivity index (χ4n) is 1.75. The number of anilines is 1. The first-order chi connectivity index (χ1) is 9.21. The lowest BCUT2D eigenvalue weighted by Gasteiger charge is -2.10. The molecule has 0 unspecified atom stereocenters. The monoisotopic (exact) mass is 300 g/mol. The molecular weight excluding hydrogens is 284 g/mol. The summed E-state index contributed by atoms with van der Waals surface area (Å²) < 4.78 is 12.1. The van der Waals surface area contributed by atoms with Gasteiger partial charge in [0.15, 0.2) is 5.13 Å². The van der Waals surface area contributed by atoms with Gasteiger partial charge in [-0.15, -0.1) is 0 Å². The molecule has 104 valence electrons. The smallest absolute Gasteiger partial charge is 0.183 e. The molecule has 1 heterocycles. The number of hydrogen-bond acceptors (Lipinski definition) is 5. The van der Waals surface area contributed by atoms with Crippen LogP contribution in [0.5, 0.6) is 11.5 Å². The van der Waals surface area contributed by atoms with Gasteiger partial charge in [0.1, 0.15) is 22.0 Å². The Hall–Kier alpha value is -1.20. The van der Waals surface area contributed by atoms with Gasteiger partial charge >= 0.3 is 0 Å². The summed E-state index contributed by atoms with van der Waals surface area (Å²) in [6.07, 6.45) is 0. The highest BCUT2D eigenvalue weighted by molar-refractivity contribution is 7.22. The second kappa shape index (κ2) is 6.30. The van der Waals surface area contributed by atoms with Crippen LogP contribution in [0.15, 0.2) is 6.07 Å². The summed E-state index contributed by atoms with van der Waals surface area (Å²) in [7, 11) is 0. The number of rotatable bonds is 6. The van der Waals surface area contributed by atoms with Gasteiger partial charge in [-0.1, -0.05) is 22.9 Å². The molecule has 2 aromatic rings. The number of aromatic nitrogens is 1. The van der Waals surface area contributed by atoms with Gasteiger partial charge in [0.05, 0.1) is 17.9 Å². The van der Waals surface area contributed by atoms with Gasteiger partial charge in [-0.05, 0) is 20.8 Å². The molecule has 1 N–H and O–H groups in total. The van der Waals surface area contributed by atoms with E-state index in [2.05, 4.69) is 10.3 Å². The van der Waals surface area contributed by atoms with Crippen LogP contribution >= 0.6 is 22.9 Å². The normalized spacial score (nSPS) is 10.7. The standard InChI is InChI=1S/C13H17ClN2O2S/c1-4-15-13-16-11-9(18-6-3)7-8(17-5-2)10(14)12(11)19-13/h7H,4-6H2,1-3H3,(H,15,16). The maximum atomic E-state index is 6.37. The van der Waals surface area contributed by atoms with Crippen molar-refractivity contribution < 1.29 is 9.47 Å². The fourth-order valence-corrected chi connectivity index (χ4v) is 3.05. The van der Waals surface area contributed by atoms with Gasteiger partial charge in [-0.3, -0.25) is 0 Å². The molecule has 0 aliphatic heterocycles. The van der Waals surface area contributed by atoms with Gasteiger partial charge in [0.25, 0.3) is 0 Å². The van der Waals surface area contributed by atoms with Crippen molar-refractivity contribution in [2.75, 3.05) is 25.1 Å². The zero-order valence-corrected chi connectivity index (χ0v) is 12.8. The van der Waals surface area contributed by atoms with Crippen molar-refractivity contribution in [3.8, 4) is 11.5 Å². The average Bonchev–Trinajstić information content (AvgIpc) is 2.80. The van der Waals surface area contributed by atoms with Crippen LogP contribution in [0.25, 0.3) is 10.2 Å². The van der Waals surface area contributed by atoms with Crippen LogP contribution in [-0.2, 0) is 0 Å². The first-order valence-electron chi connectivity index (χ1n) is 6.33. The summed E-state index contributed by atoms with van der Waals surface area (Å²) in [5.41, 5.74) is 0.788. The number of halogens is 1. The summed E-state index contributed by atoms with van der Waals surface area (Å²) in [6, 6.07) is 1.81. The molecule has 4 nitrogen and oxygen atoms in total. The van der Waals surface area contributed by atoms with Crippen LogP contribution < -0.4 is 14.8 Å².